The quantitative estimate of drug-likeness (QED) is 0.818. The number of halogens is 1. The Morgan fingerprint density at radius 1 is 1.53 bits per heavy atom. The molecule has 1 aromatic rings. The van der Waals surface area contributed by atoms with Gasteiger partial charge < -0.3 is 4.74 Å². The van der Waals surface area contributed by atoms with Crippen LogP contribution in [0.4, 0.5) is 0 Å². The third-order valence-electron chi connectivity index (χ3n) is 3.81. The fourth-order valence-corrected chi connectivity index (χ4v) is 2.41. The molecule has 92 valence electrons. The second kappa shape index (κ2) is 4.34. The van der Waals surface area contributed by atoms with Crippen LogP contribution in [-0.2, 0) is 4.79 Å². The van der Waals surface area contributed by atoms with Crippen molar-refractivity contribution in [2.75, 3.05) is 0 Å². The van der Waals surface area contributed by atoms with E-state index >= 15 is 0 Å². The van der Waals surface area contributed by atoms with Crippen molar-refractivity contribution in [3.63, 3.8) is 0 Å². The highest BCUT2D eigenvalue weighted by atomic mass is 35.5. The minimum Gasteiger partial charge on any atom is -0.487 e. The van der Waals surface area contributed by atoms with Crippen molar-refractivity contribution in [2.45, 2.75) is 39.7 Å². The van der Waals surface area contributed by atoms with Crippen molar-refractivity contribution in [1.82, 2.24) is 0 Å². The maximum absolute atomic E-state index is 11.6. The summed E-state index contributed by atoms with van der Waals surface area (Å²) in [6.45, 7) is 5.97. The van der Waals surface area contributed by atoms with Gasteiger partial charge in [-0.15, -0.1) is 0 Å². The predicted molar refractivity (Wildman–Crippen MR) is 68.6 cm³/mol. The molecule has 0 N–H and O–H groups in total. The lowest BCUT2D eigenvalue weighted by Crippen LogP contribution is -2.54. The summed E-state index contributed by atoms with van der Waals surface area (Å²) < 4.78 is 5.86. The van der Waals surface area contributed by atoms with E-state index in [1.807, 2.05) is 39.0 Å². The first-order chi connectivity index (χ1) is 7.97. The molecule has 0 radical (unpaired) electrons. The van der Waals surface area contributed by atoms with Crippen LogP contribution >= 0.6 is 11.6 Å². The Hall–Kier alpha value is -1.02. The van der Waals surface area contributed by atoms with Gasteiger partial charge in [0.2, 0.25) is 0 Å². The normalized spacial score (nSPS) is 27.8. The van der Waals surface area contributed by atoms with E-state index in [0.29, 0.717) is 17.2 Å². The molecule has 0 spiro atoms. The van der Waals surface area contributed by atoms with Crippen molar-refractivity contribution < 1.29 is 9.53 Å². The molecule has 3 heteroatoms. The molecule has 2 nitrogen and oxygen atoms in total. The van der Waals surface area contributed by atoms with E-state index in [1.165, 1.54) is 0 Å². The lowest BCUT2D eigenvalue weighted by Gasteiger charge is -2.44. The number of ketones is 1. The van der Waals surface area contributed by atoms with Crippen LogP contribution in [0.25, 0.3) is 0 Å². The molecule has 0 aromatic heterocycles. The van der Waals surface area contributed by atoms with Gasteiger partial charge in [0, 0.05) is 6.42 Å². The molecule has 0 bridgehead atoms. The number of rotatable bonds is 3. The monoisotopic (exact) mass is 252 g/mol. The van der Waals surface area contributed by atoms with Gasteiger partial charge in [-0.2, -0.15) is 0 Å². The largest absolute Gasteiger partial charge is 0.487 e. The highest BCUT2D eigenvalue weighted by Crippen LogP contribution is 2.43. The first-order valence-electron chi connectivity index (χ1n) is 5.93. The minimum atomic E-state index is -0.339. The van der Waals surface area contributed by atoms with Crippen molar-refractivity contribution in [3.05, 3.63) is 28.8 Å². The van der Waals surface area contributed by atoms with Gasteiger partial charge in [-0.3, -0.25) is 4.79 Å². The number of hydrogen-bond donors (Lipinski definition) is 0. The maximum atomic E-state index is 11.6. The molecule has 0 saturated heterocycles. The number of hydrogen-bond acceptors (Lipinski definition) is 2. The van der Waals surface area contributed by atoms with Gasteiger partial charge in [0.1, 0.15) is 17.6 Å². The lowest BCUT2D eigenvalue weighted by molar-refractivity contribution is -0.150. The average Bonchev–Trinajstić information content (AvgIpc) is 2.30. The molecule has 2 atom stereocenters. The van der Waals surface area contributed by atoms with E-state index in [4.69, 9.17) is 16.3 Å². The summed E-state index contributed by atoms with van der Waals surface area (Å²) in [4.78, 5) is 11.6. The van der Waals surface area contributed by atoms with Crippen LogP contribution in [-0.4, -0.2) is 11.9 Å². The molecular formula is C14H17ClO2. The number of benzene rings is 1. The van der Waals surface area contributed by atoms with E-state index in [1.54, 1.807) is 0 Å². The molecule has 1 saturated carbocycles. The molecule has 2 rings (SSSR count). The van der Waals surface area contributed by atoms with Crippen LogP contribution in [0.1, 0.15) is 32.3 Å². The van der Waals surface area contributed by atoms with Gasteiger partial charge >= 0.3 is 0 Å². The zero-order valence-electron chi connectivity index (χ0n) is 10.4. The van der Waals surface area contributed by atoms with Crippen LogP contribution in [0.5, 0.6) is 5.75 Å². The van der Waals surface area contributed by atoms with Crippen molar-refractivity contribution in [1.29, 1.82) is 0 Å². The minimum absolute atomic E-state index is 0.0415. The summed E-state index contributed by atoms with van der Waals surface area (Å²) in [5.41, 5.74) is 0.763. The Kier molecular flexibility index (Phi) is 3.17. The Bertz CT molecular complexity index is 456. The third kappa shape index (κ3) is 2.06. The molecule has 17 heavy (non-hydrogen) atoms. The van der Waals surface area contributed by atoms with Crippen LogP contribution < -0.4 is 4.74 Å². The van der Waals surface area contributed by atoms with Crippen LogP contribution in [0.3, 0.4) is 0 Å². The molecule has 0 aliphatic heterocycles. The number of Topliss-reactive ketones (excluding diaryl/α,β-unsaturated/α-hetero) is 1. The zero-order valence-corrected chi connectivity index (χ0v) is 11.2. The molecule has 1 aromatic carbocycles. The topological polar surface area (TPSA) is 26.3 Å². The highest BCUT2D eigenvalue weighted by Gasteiger charge is 2.51. The van der Waals surface area contributed by atoms with E-state index in [0.717, 1.165) is 12.0 Å². The van der Waals surface area contributed by atoms with E-state index in [9.17, 15) is 4.79 Å². The van der Waals surface area contributed by atoms with Crippen molar-refractivity contribution in [2.24, 2.45) is 5.41 Å². The van der Waals surface area contributed by atoms with E-state index in [2.05, 4.69) is 0 Å². The van der Waals surface area contributed by atoms with Gasteiger partial charge in [-0.25, -0.2) is 0 Å². The molecular weight excluding hydrogens is 236 g/mol. The maximum Gasteiger partial charge on any atom is 0.146 e. The van der Waals surface area contributed by atoms with Gasteiger partial charge in [0.25, 0.3) is 0 Å². The molecule has 1 aliphatic rings. The lowest BCUT2D eigenvalue weighted by atomic mass is 9.64. The van der Waals surface area contributed by atoms with Gasteiger partial charge in [-0.1, -0.05) is 24.6 Å². The second-order valence-corrected chi connectivity index (χ2v) is 5.35. The number of aryl methyl sites for hydroxylation is 1. The van der Waals surface area contributed by atoms with Crippen molar-refractivity contribution in [3.8, 4) is 5.75 Å². The summed E-state index contributed by atoms with van der Waals surface area (Å²) in [6, 6.07) is 5.71. The first kappa shape index (κ1) is 12.4. The summed E-state index contributed by atoms with van der Waals surface area (Å²) >= 11 is 6.12. The SMILES string of the molecule is CCC1(C)C(=O)CC1Oc1ccc(C)cc1Cl. The van der Waals surface area contributed by atoms with Crippen LogP contribution in [0.2, 0.25) is 5.02 Å². The van der Waals surface area contributed by atoms with E-state index < -0.39 is 0 Å². The average molecular weight is 253 g/mol. The van der Waals surface area contributed by atoms with Crippen LogP contribution in [0.15, 0.2) is 18.2 Å². The summed E-state index contributed by atoms with van der Waals surface area (Å²) in [7, 11) is 0. The first-order valence-corrected chi connectivity index (χ1v) is 6.31. The Balaban J connectivity index is 2.15. The fourth-order valence-electron chi connectivity index (χ4n) is 2.13. The summed E-state index contributed by atoms with van der Waals surface area (Å²) in [5.74, 6) is 0.961. The Morgan fingerprint density at radius 3 is 2.76 bits per heavy atom. The third-order valence-corrected chi connectivity index (χ3v) is 4.10. The van der Waals surface area contributed by atoms with Gasteiger partial charge in [0.05, 0.1) is 10.4 Å². The van der Waals surface area contributed by atoms with Gasteiger partial charge in [0.15, 0.2) is 0 Å². The number of ether oxygens (including phenoxy) is 1. The summed E-state index contributed by atoms with van der Waals surface area (Å²) in [5, 5.41) is 0.614. The smallest absolute Gasteiger partial charge is 0.146 e. The molecule has 0 amide bonds. The molecule has 1 aliphatic carbocycles. The highest BCUT2D eigenvalue weighted by molar-refractivity contribution is 6.32. The predicted octanol–water partition coefficient (Wildman–Crippen LogP) is 3.78. The van der Waals surface area contributed by atoms with Crippen molar-refractivity contribution >= 4 is 17.4 Å². The zero-order chi connectivity index (χ0) is 12.6. The second-order valence-electron chi connectivity index (χ2n) is 4.94. The Labute approximate surface area is 107 Å². The standard InChI is InChI=1S/C14H17ClO2/c1-4-14(3)12(16)8-13(14)17-11-6-5-9(2)7-10(11)15/h5-7,13H,4,8H2,1-3H3. The van der Waals surface area contributed by atoms with Crippen LogP contribution in [0, 0.1) is 12.3 Å². The molecule has 0 heterocycles. The fraction of sp³-hybridized carbons (Fsp3) is 0.500. The van der Waals surface area contributed by atoms with E-state index in [-0.39, 0.29) is 17.3 Å². The molecule has 1 fully saturated rings. The molecule has 2 unspecified atom stereocenters. The summed E-state index contributed by atoms with van der Waals surface area (Å²) in [6.07, 6.45) is 1.26. The van der Waals surface area contributed by atoms with Gasteiger partial charge in [-0.05, 0) is 38.0 Å². The number of carbonyl (C=O) groups excluding carboxylic acids is 1. The Morgan fingerprint density at radius 2 is 2.24 bits per heavy atom. The number of carbonyl (C=O) groups is 1.